The van der Waals surface area contributed by atoms with E-state index in [4.69, 9.17) is 23.8 Å². The molecule has 0 fully saturated rings. The number of aryl methyl sites for hydroxylation is 1. The molecule has 0 aliphatic rings. The van der Waals surface area contributed by atoms with Crippen molar-refractivity contribution in [1.82, 2.24) is 9.55 Å². The van der Waals surface area contributed by atoms with Crippen molar-refractivity contribution in [1.29, 1.82) is 0 Å². The van der Waals surface area contributed by atoms with Gasteiger partial charge in [0.1, 0.15) is 0 Å². The van der Waals surface area contributed by atoms with E-state index < -0.39 is 0 Å². The summed E-state index contributed by atoms with van der Waals surface area (Å²) in [5, 5.41) is 0.706. The predicted molar refractivity (Wildman–Crippen MR) is 82.8 cm³/mol. The van der Waals surface area contributed by atoms with Crippen LogP contribution in [0.15, 0.2) is 42.5 Å². The predicted octanol–water partition coefficient (Wildman–Crippen LogP) is 4.90. The molecule has 0 spiro atoms. The molecule has 0 bridgehead atoms. The highest BCUT2D eigenvalue weighted by atomic mass is 35.5. The number of H-pyrrole nitrogens is 1. The summed E-state index contributed by atoms with van der Waals surface area (Å²) in [6, 6.07) is 14.2. The Hall–Kier alpha value is -1.58. The van der Waals surface area contributed by atoms with Crippen LogP contribution in [0.2, 0.25) is 5.02 Å². The second-order valence-electron chi connectivity index (χ2n) is 4.45. The number of rotatable bonds is 2. The standard InChI is InChI=1S/C15H13ClN2S/c1-2-10-3-6-12(7-4-10)18-14-8-5-11(16)9-13(14)17-15(18)19/h3-9H,2H2,1H3,(H,17,19). The maximum absolute atomic E-state index is 6.00. The van der Waals surface area contributed by atoms with Crippen LogP contribution < -0.4 is 0 Å². The van der Waals surface area contributed by atoms with Gasteiger partial charge in [-0.3, -0.25) is 4.57 Å². The average molecular weight is 289 g/mol. The maximum Gasteiger partial charge on any atom is 0.182 e. The van der Waals surface area contributed by atoms with E-state index in [-0.39, 0.29) is 0 Å². The van der Waals surface area contributed by atoms with Gasteiger partial charge in [-0.1, -0.05) is 30.7 Å². The highest BCUT2D eigenvalue weighted by molar-refractivity contribution is 7.71. The van der Waals surface area contributed by atoms with Crippen LogP contribution in [0.4, 0.5) is 0 Å². The topological polar surface area (TPSA) is 20.7 Å². The van der Waals surface area contributed by atoms with E-state index in [2.05, 4.69) is 36.2 Å². The van der Waals surface area contributed by atoms with E-state index in [0.717, 1.165) is 23.1 Å². The third-order valence-electron chi connectivity index (χ3n) is 3.25. The molecule has 4 heteroatoms. The van der Waals surface area contributed by atoms with Crippen LogP contribution in [0.25, 0.3) is 16.7 Å². The molecule has 0 unspecified atom stereocenters. The fourth-order valence-corrected chi connectivity index (χ4v) is 2.71. The maximum atomic E-state index is 6.00. The molecule has 0 saturated heterocycles. The molecule has 19 heavy (non-hydrogen) atoms. The smallest absolute Gasteiger partial charge is 0.182 e. The monoisotopic (exact) mass is 288 g/mol. The summed E-state index contributed by atoms with van der Waals surface area (Å²) in [6.07, 6.45) is 1.04. The molecular formula is C15H13ClN2S. The van der Waals surface area contributed by atoms with Gasteiger partial charge in [0.2, 0.25) is 0 Å². The summed E-state index contributed by atoms with van der Waals surface area (Å²) in [4.78, 5) is 3.19. The van der Waals surface area contributed by atoms with Gasteiger partial charge in [0.05, 0.1) is 11.0 Å². The van der Waals surface area contributed by atoms with Crippen molar-refractivity contribution < 1.29 is 0 Å². The zero-order chi connectivity index (χ0) is 13.4. The molecule has 0 aliphatic heterocycles. The lowest BCUT2D eigenvalue weighted by atomic mass is 10.1. The molecule has 0 radical (unpaired) electrons. The van der Waals surface area contributed by atoms with Crippen molar-refractivity contribution in [3.8, 4) is 5.69 Å². The highest BCUT2D eigenvalue weighted by Crippen LogP contribution is 2.22. The molecule has 96 valence electrons. The first-order valence-electron chi connectivity index (χ1n) is 6.18. The fourth-order valence-electron chi connectivity index (χ4n) is 2.22. The average Bonchev–Trinajstić information content (AvgIpc) is 2.74. The number of aromatic nitrogens is 2. The van der Waals surface area contributed by atoms with Crippen LogP contribution in [-0.2, 0) is 6.42 Å². The first-order chi connectivity index (χ1) is 9.19. The zero-order valence-electron chi connectivity index (χ0n) is 10.5. The van der Waals surface area contributed by atoms with Gasteiger partial charge in [0.15, 0.2) is 4.77 Å². The van der Waals surface area contributed by atoms with E-state index in [1.165, 1.54) is 5.56 Å². The van der Waals surface area contributed by atoms with Crippen LogP contribution in [0.3, 0.4) is 0 Å². The minimum atomic E-state index is 0.682. The molecule has 0 amide bonds. The van der Waals surface area contributed by atoms with Crippen molar-refractivity contribution in [2.45, 2.75) is 13.3 Å². The Morgan fingerprint density at radius 2 is 1.89 bits per heavy atom. The van der Waals surface area contributed by atoms with Gasteiger partial charge in [-0.15, -0.1) is 0 Å². The molecule has 2 nitrogen and oxygen atoms in total. The number of aromatic amines is 1. The van der Waals surface area contributed by atoms with Crippen molar-refractivity contribution in [2.75, 3.05) is 0 Å². The van der Waals surface area contributed by atoms with E-state index in [1.54, 1.807) is 0 Å². The van der Waals surface area contributed by atoms with Crippen molar-refractivity contribution in [3.63, 3.8) is 0 Å². The minimum Gasteiger partial charge on any atom is -0.330 e. The molecule has 1 heterocycles. The van der Waals surface area contributed by atoms with Crippen molar-refractivity contribution >= 4 is 34.9 Å². The van der Waals surface area contributed by atoms with Crippen molar-refractivity contribution in [2.24, 2.45) is 0 Å². The van der Waals surface area contributed by atoms with Crippen LogP contribution >= 0.6 is 23.8 Å². The zero-order valence-corrected chi connectivity index (χ0v) is 12.1. The molecule has 0 saturated carbocycles. The van der Waals surface area contributed by atoms with Crippen LogP contribution in [0, 0.1) is 4.77 Å². The number of fused-ring (bicyclic) bond motifs is 1. The number of hydrogen-bond acceptors (Lipinski definition) is 1. The molecule has 1 N–H and O–H groups in total. The van der Waals surface area contributed by atoms with Crippen LogP contribution in [0.5, 0.6) is 0 Å². The number of benzene rings is 2. The summed E-state index contributed by atoms with van der Waals surface area (Å²) in [5.74, 6) is 0. The van der Waals surface area contributed by atoms with Gasteiger partial charge in [-0.25, -0.2) is 0 Å². The summed E-state index contributed by atoms with van der Waals surface area (Å²) in [5.41, 5.74) is 4.38. The summed E-state index contributed by atoms with van der Waals surface area (Å²) >= 11 is 11.4. The second-order valence-corrected chi connectivity index (χ2v) is 5.27. The number of nitrogens with one attached hydrogen (secondary N) is 1. The number of nitrogens with zero attached hydrogens (tertiary/aromatic N) is 1. The Labute approximate surface area is 121 Å². The normalized spacial score (nSPS) is 11.1. The number of halogens is 1. The summed E-state index contributed by atoms with van der Waals surface area (Å²) < 4.78 is 2.71. The van der Waals surface area contributed by atoms with E-state index >= 15 is 0 Å². The third kappa shape index (κ3) is 2.20. The minimum absolute atomic E-state index is 0.682. The first kappa shape index (κ1) is 12.5. The second kappa shape index (κ2) is 4.83. The molecule has 0 aliphatic carbocycles. The van der Waals surface area contributed by atoms with E-state index in [1.807, 2.05) is 22.8 Å². The van der Waals surface area contributed by atoms with E-state index in [9.17, 15) is 0 Å². The lowest BCUT2D eigenvalue weighted by molar-refractivity contribution is 1.05. The van der Waals surface area contributed by atoms with Gasteiger partial charge in [0, 0.05) is 10.7 Å². The van der Waals surface area contributed by atoms with E-state index in [0.29, 0.717) is 9.79 Å². The Kier molecular flexibility index (Phi) is 3.17. The Bertz CT molecular complexity index is 784. The van der Waals surface area contributed by atoms with Gasteiger partial charge in [-0.2, -0.15) is 0 Å². The Morgan fingerprint density at radius 1 is 1.16 bits per heavy atom. The Morgan fingerprint density at radius 3 is 2.58 bits per heavy atom. The van der Waals surface area contributed by atoms with Crippen LogP contribution in [0.1, 0.15) is 12.5 Å². The Balaban J connectivity index is 2.23. The van der Waals surface area contributed by atoms with Crippen LogP contribution in [-0.4, -0.2) is 9.55 Å². The van der Waals surface area contributed by atoms with Gasteiger partial charge in [-0.05, 0) is 54.5 Å². The lowest BCUT2D eigenvalue weighted by Crippen LogP contribution is -1.94. The highest BCUT2D eigenvalue weighted by Gasteiger charge is 2.06. The SMILES string of the molecule is CCc1ccc(-n2c(=S)[nH]c3cc(Cl)ccc32)cc1. The van der Waals surface area contributed by atoms with Gasteiger partial charge < -0.3 is 4.98 Å². The fraction of sp³-hybridized carbons (Fsp3) is 0.133. The number of imidazole rings is 1. The number of hydrogen-bond donors (Lipinski definition) is 1. The largest absolute Gasteiger partial charge is 0.330 e. The lowest BCUT2D eigenvalue weighted by Gasteiger charge is -2.05. The van der Waals surface area contributed by atoms with Gasteiger partial charge >= 0.3 is 0 Å². The quantitative estimate of drug-likeness (QED) is 0.665. The molecule has 1 aromatic heterocycles. The summed E-state index contributed by atoms with van der Waals surface area (Å²) in [7, 11) is 0. The molecule has 2 aromatic carbocycles. The molecule has 0 atom stereocenters. The third-order valence-corrected chi connectivity index (χ3v) is 3.77. The molecular weight excluding hydrogens is 276 g/mol. The molecule has 3 aromatic rings. The van der Waals surface area contributed by atoms with Crippen molar-refractivity contribution in [3.05, 3.63) is 57.8 Å². The first-order valence-corrected chi connectivity index (χ1v) is 6.97. The van der Waals surface area contributed by atoms with Gasteiger partial charge in [0.25, 0.3) is 0 Å². The molecule has 3 rings (SSSR count). The summed E-state index contributed by atoms with van der Waals surface area (Å²) in [6.45, 7) is 2.15.